The molecular weight excluding hydrogens is 214 g/mol. The molecule has 2 aromatic rings. The Morgan fingerprint density at radius 1 is 1.29 bits per heavy atom. The Morgan fingerprint density at radius 3 is 2.65 bits per heavy atom. The number of rotatable bonds is 4. The predicted octanol–water partition coefficient (Wildman–Crippen LogP) is 2.08. The minimum Gasteiger partial charge on any atom is -0.464 e. The van der Waals surface area contributed by atoms with Gasteiger partial charge in [-0.25, -0.2) is 0 Å². The standard InChI is InChI=1S/C13H17N3O/c1-10-3-6-13(17-10)9-16(2)12-5-4-11(7-14)15-8-12/h3-6,8H,7,9,14H2,1-2H3. The minimum absolute atomic E-state index is 0.474. The molecule has 0 amide bonds. The topological polar surface area (TPSA) is 55.3 Å². The van der Waals surface area contributed by atoms with E-state index in [0.717, 1.165) is 29.4 Å². The molecule has 90 valence electrons. The van der Waals surface area contributed by atoms with Crippen molar-refractivity contribution in [2.45, 2.75) is 20.0 Å². The molecule has 0 aromatic carbocycles. The van der Waals surface area contributed by atoms with Crippen LogP contribution >= 0.6 is 0 Å². The van der Waals surface area contributed by atoms with Gasteiger partial charge in [0.25, 0.3) is 0 Å². The first kappa shape index (κ1) is 11.7. The molecule has 0 saturated heterocycles. The maximum absolute atomic E-state index is 5.54. The monoisotopic (exact) mass is 231 g/mol. The lowest BCUT2D eigenvalue weighted by Crippen LogP contribution is -2.16. The van der Waals surface area contributed by atoms with Crippen molar-refractivity contribution in [3.63, 3.8) is 0 Å². The van der Waals surface area contributed by atoms with Crippen molar-refractivity contribution in [3.05, 3.63) is 47.7 Å². The second kappa shape index (κ2) is 5.01. The van der Waals surface area contributed by atoms with Crippen LogP contribution in [0.4, 0.5) is 5.69 Å². The highest BCUT2D eigenvalue weighted by atomic mass is 16.3. The zero-order valence-corrected chi connectivity index (χ0v) is 10.2. The lowest BCUT2D eigenvalue weighted by molar-refractivity contribution is 0.482. The summed E-state index contributed by atoms with van der Waals surface area (Å²) in [6.45, 7) is 3.15. The van der Waals surface area contributed by atoms with Gasteiger partial charge in [0.2, 0.25) is 0 Å². The van der Waals surface area contributed by atoms with E-state index >= 15 is 0 Å². The Bertz CT molecular complexity index is 476. The molecule has 2 N–H and O–H groups in total. The zero-order valence-electron chi connectivity index (χ0n) is 10.2. The Kier molecular flexibility index (Phi) is 3.44. The molecule has 17 heavy (non-hydrogen) atoms. The van der Waals surface area contributed by atoms with E-state index < -0.39 is 0 Å². The molecule has 0 unspecified atom stereocenters. The van der Waals surface area contributed by atoms with Crippen LogP contribution in [0.2, 0.25) is 0 Å². The smallest absolute Gasteiger partial charge is 0.123 e. The number of aromatic nitrogens is 1. The maximum atomic E-state index is 5.54. The average molecular weight is 231 g/mol. The summed E-state index contributed by atoms with van der Waals surface area (Å²) >= 11 is 0. The second-order valence-electron chi connectivity index (χ2n) is 4.08. The van der Waals surface area contributed by atoms with Crippen LogP contribution in [0.3, 0.4) is 0 Å². The predicted molar refractivity (Wildman–Crippen MR) is 67.7 cm³/mol. The van der Waals surface area contributed by atoms with Crippen LogP contribution in [0, 0.1) is 6.92 Å². The van der Waals surface area contributed by atoms with Gasteiger partial charge in [-0.2, -0.15) is 0 Å². The number of anilines is 1. The van der Waals surface area contributed by atoms with Gasteiger partial charge in [-0.3, -0.25) is 4.98 Å². The van der Waals surface area contributed by atoms with Crippen molar-refractivity contribution in [1.29, 1.82) is 0 Å². The molecule has 2 aromatic heterocycles. The summed E-state index contributed by atoms with van der Waals surface area (Å²) < 4.78 is 5.54. The van der Waals surface area contributed by atoms with Crippen molar-refractivity contribution in [2.75, 3.05) is 11.9 Å². The van der Waals surface area contributed by atoms with Gasteiger partial charge < -0.3 is 15.1 Å². The maximum Gasteiger partial charge on any atom is 0.123 e. The molecule has 0 saturated carbocycles. The van der Waals surface area contributed by atoms with Crippen LogP contribution < -0.4 is 10.6 Å². The Morgan fingerprint density at radius 2 is 2.12 bits per heavy atom. The van der Waals surface area contributed by atoms with Gasteiger partial charge in [0.05, 0.1) is 24.1 Å². The fourth-order valence-electron chi connectivity index (χ4n) is 1.66. The summed E-state index contributed by atoms with van der Waals surface area (Å²) in [7, 11) is 2.01. The van der Waals surface area contributed by atoms with Gasteiger partial charge in [0.15, 0.2) is 0 Å². The van der Waals surface area contributed by atoms with Crippen LogP contribution in [-0.4, -0.2) is 12.0 Å². The van der Waals surface area contributed by atoms with Crippen molar-refractivity contribution in [1.82, 2.24) is 4.98 Å². The van der Waals surface area contributed by atoms with Crippen molar-refractivity contribution in [3.8, 4) is 0 Å². The number of hydrogen-bond acceptors (Lipinski definition) is 4. The number of aryl methyl sites for hydroxylation is 1. The van der Waals surface area contributed by atoms with E-state index in [4.69, 9.17) is 10.2 Å². The largest absolute Gasteiger partial charge is 0.464 e. The van der Waals surface area contributed by atoms with Crippen molar-refractivity contribution < 1.29 is 4.42 Å². The molecule has 0 aliphatic heterocycles. The Balaban J connectivity index is 2.06. The Labute approximate surface area is 101 Å². The molecule has 4 heteroatoms. The number of hydrogen-bond donors (Lipinski definition) is 1. The van der Waals surface area contributed by atoms with E-state index in [0.29, 0.717) is 6.54 Å². The second-order valence-corrected chi connectivity index (χ2v) is 4.08. The fraction of sp³-hybridized carbons (Fsp3) is 0.308. The molecule has 0 bridgehead atoms. The molecule has 0 aliphatic carbocycles. The van der Waals surface area contributed by atoms with Gasteiger partial charge in [-0.05, 0) is 31.2 Å². The quantitative estimate of drug-likeness (QED) is 0.875. The van der Waals surface area contributed by atoms with E-state index in [2.05, 4.69) is 9.88 Å². The number of furan rings is 1. The van der Waals surface area contributed by atoms with E-state index in [1.807, 2.05) is 44.4 Å². The van der Waals surface area contributed by atoms with Crippen molar-refractivity contribution >= 4 is 5.69 Å². The van der Waals surface area contributed by atoms with E-state index in [1.54, 1.807) is 0 Å². The molecule has 0 radical (unpaired) electrons. The van der Waals surface area contributed by atoms with Crippen LogP contribution in [0.5, 0.6) is 0 Å². The lowest BCUT2D eigenvalue weighted by Gasteiger charge is -2.17. The first-order valence-corrected chi connectivity index (χ1v) is 5.60. The van der Waals surface area contributed by atoms with Gasteiger partial charge in [-0.15, -0.1) is 0 Å². The van der Waals surface area contributed by atoms with Crippen LogP contribution in [0.15, 0.2) is 34.9 Å². The molecule has 2 heterocycles. The highest BCUT2D eigenvalue weighted by molar-refractivity contribution is 5.43. The molecule has 4 nitrogen and oxygen atoms in total. The van der Waals surface area contributed by atoms with Crippen LogP contribution in [-0.2, 0) is 13.1 Å². The summed E-state index contributed by atoms with van der Waals surface area (Å²) in [5.74, 6) is 1.89. The third-order valence-electron chi connectivity index (χ3n) is 2.65. The summed E-state index contributed by atoms with van der Waals surface area (Å²) in [4.78, 5) is 6.36. The molecule has 0 spiro atoms. The highest BCUT2D eigenvalue weighted by Crippen LogP contribution is 2.15. The summed E-state index contributed by atoms with van der Waals surface area (Å²) in [5, 5.41) is 0. The third-order valence-corrected chi connectivity index (χ3v) is 2.65. The van der Waals surface area contributed by atoms with Crippen molar-refractivity contribution in [2.24, 2.45) is 5.73 Å². The van der Waals surface area contributed by atoms with Gasteiger partial charge in [0.1, 0.15) is 11.5 Å². The number of nitrogens with zero attached hydrogens (tertiary/aromatic N) is 2. The molecule has 0 fully saturated rings. The SMILES string of the molecule is Cc1ccc(CN(C)c2ccc(CN)nc2)o1. The first-order valence-electron chi connectivity index (χ1n) is 5.60. The molecule has 2 rings (SSSR count). The number of nitrogens with two attached hydrogens (primary N) is 1. The fourth-order valence-corrected chi connectivity index (χ4v) is 1.66. The van der Waals surface area contributed by atoms with E-state index in [-0.39, 0.29) is 0 Å². The molecule has 0 atom stereocenters. The summed E-state index contributed by atoms with van der Waals surface area (Å²) in [5.41, 5.74) is 7.46. The molecule has 0 aliphatic rings. The number of pyridine rings is 1. The lowest BCUT2D eigenvalue weighted by atomic mass is 10.3. The average Bonchev–Trinajstić information content (AvgIpc) is 2.75. The highest BCUT2D eigenvalue weighted by Gasteiger charge is 2.05. The summed E-state index contributed by atoms with van der Waals surface area (Å²) in [6, 6.07) is 7.93. The van der Waals surface area contributed by atoms with Gasteiger partial charge in [-0.1, -0.05) is 0 Å². The van der Waals surface area contributed by atoms with Gasteiger partial charge in [0, 0.05) is 13.6 Å². The van der Waals surface area contributed by atoms with Crippen LogP contribution in [0.1, 0.15) is 17.2 Å². The Hall–Kier alpha value is -1.81. The third kappa shape index (κ3) is 2.85. The summed E-state index contributed by atoms with van der Waals surface area (Å²) in [6.07, 6.45) is 1.83. The van der Waals surface area contributed by atoms with E-state index in [1.165, 1.54) is 0 Å². The van der Waals surface area contributed by atoms with E-state index in [9.17, 15) is 0 Å². The normalized spacial score (nSPS) is 10.5. The minimum atomic E-state index is 0.474. The zero-order chi connectivity index (χ0) is 12.3. The molecular formula is C13H17N3O. The van der Waals surface area contributed by atoms with Gasteiger partial charge >= 0.3 is 0 Å². The first-order chi connectivity index (χ1) is 8.19. The van der Waals surface area contributed by atoms with Crippen LogP contribution in [0.25, 0.3) is 0 Å².